The highest BCUT2D eigenvalue weighted by Gasteiger charge is 2.31. The summed E-state index contributed by atoms with van der Waals surface area (Å²) >= 11 is 0. The van der Waals surface area contributed by atoms with Crippen molar-refractivity contribution in [1.29, 1.82) is 0 Å². The van der Waals surface area contributed by atoms with Gasteiger partial charge in [0.25, 0.3) is 5.91 Å². The number of hydrogen-bond donors (Lipinski definition) is 2. The van der Waals surface area contributed by atoms with Crippen molar-refractivity contribution < 1.29 is 23.1 Å². The second-order valence-corrected chi connectivity index (χ2v) is 4.17. The van der Waals surface area contributed by atoms with Crippen molar-refractivity contribution in [2.24, 2.45) is 0 Å². The predicted molar refractivity (Wildman–Crippen MR) is 64.4 cm³/mol. The van der Waals surface area contributed by atoms with E-state index in [0.29, 0.717) is 5.69 Å². The number of fused-ring (bicyclic) bond motifs is 1. The molecule has 0 atom stereocenters. The summed E-state index contributed by atoms with van der Waals surface area (Å²) in [5.74, 6) is -0.580. The second kappa shape index (κ2) is 5.12. The van der Waals surface area contributed by atoms with Crippen molar-refractivity contribution in [3.05, 3.63) is 35.3 Å². The van der Waals surface area contributed by atoms with Crippen LogP contribution in [0.2, 0.25) is 0 Å². The number of carbonyl (C=O) groups excluding carboxylic acids is 1. The van der Waals surface area contributed by atoms with Crippen molar-refractivity contribution >= 4 is 11.6 Å². The van der Waals surface area contributed by atoms with Gasteiger partial charge in [0.15, 0.2) is 0 Å². The third-order valence-electron chi connectivity index (χ3n) is 2.73. The maximum atomic E-state index is 12.7. The second-order valence-electron chi connectivity index (χ2n) is 4.17. The topological polar surface area (TPSA) is 66.6 Å². The van der Waals surface area contributed by atoms with Gasteiger partial charge in [0.2, 0.25) is 0 Å². The average Bonchev–Trinajstić information content (AvgIpc) is 2.69. The molecule has 1 amide bonds. The molecule has 2 heterocycles. The zero-order valence-corrected chi connectivity index (χ0v) is 10.5. The summed E-state index contributed by atoms with van der Waals surface area (Å²) in [5.41, 5.74) is -0.262. The fourth-order valence-corrected chi connectivity index (χ4v) is 1.86. The molecule has 0 aromatic carbocycles. The summed E-state index contributed by atoms with van der Waals surface area (Å²) in [6.07, 6.45) is -3.66. The van der Waals surface area contributed by atoms with E-state index in [4.69, 9.17) is 5.11 Å². The summed E-state index contributed by atoms with van der Waals surface area (Å²) in [6, 6.07) is 2.12. The van der Waals surface area contributed by atoms with Gasteiger partial charge in [-0.25, -0.2) is 4.98 Å². The minimum atomic E-state index is -4.49. The molecule has 8 heteroatoms. The van der Waals surface area contributed by atoms with Gasteiger partial charge >= 0.3 is 6.18 Å². The van der Waals surface area contributed by atoms with Gasteiger partial charge in [0, 0.05) is 12.7 Å². The molecule has 0 saturated carbocycles. The van der Waals surface area contributed by atoms with Gasteiger partial charge in [-0.1, -0.05) is 0 Å². The maximum absolute atomic E-state index is 12.7. The molecule has 0 aliphatic heterocycles. The number of hydrogen-bond acceptors (Lipinski definition) is 3. The van der Waals surface area contributed by atoms with Crippen LogP contribution in [0.15, 0.2) is 18.3 Å². The molecule has 0 saturated heterocycles. The Labute approximate surface area is 112 Å². The number of alkyl halides is 3. The van der Waals surface area contributed by atoms with Crippen LogP contribution in [0.1, 0.15) is 21.7 Å². The summed E-state index contributed by atoms with van der Waals surface area (Å²) in [6.45, 7) is 1.30. The molecule has 0 fully saturated rings. The first kappa shape index (κ1) is 14.3. The van der Waals surface area contributed by atoms with Crippen LogP contribution < -0.4 is 5.32 Å². The fraction of sp³-hybridized carbons (Fsp3) is 0.333. The predicted octanol–water partition coefficient (Wildman–Crippen LogP) is 1.38. The Balaban J connectivity index is 2.53. The van der Waals surface area contributed by atoms with E-state index >= 15 is 0 Å². The summed E-state index contributed by atoms with van der Waals surface area (Å²) in [7, 11) is 0. The lowest BCUT2D eigenvalue weighted by Crippen LogP contribution is -2.28. The zero-order valence-electron chi connectivity index (χ0n) is 10.5. The van der Waals surface area contributed by atoms with Crippen molar-refractivity contribution in [2.45, 2.75) is 13.1 Å². The molecule has 0 aliphatic carbocycles. The van der Waals surface area contributed by atoms with E-state index in [0.717, 1.165) is 16.7 Å². The van der Waals surface area contributed by atoms with Crippen LogP contribution in [0.25, 0.3) is 5.65 Å². The van der Waals surface area contributed by atoms with Gasteiger partial charge in [0.05, 0.1) is 17.9 Å². The average molecular weight is 287 g/mol. The van der Waals surface area contributed by atoms with Crippen LogP contribution in [-0.2, 0) is 6.18 Å². The summed E-state index contributed by atoms with van der Waals surface area (Å²) in [4.78, 5) is 15.9. The van der Waals surface area contributed by atoms with Crippen LogP contribution in [0.3, 0.4) is 0 Å². The lowest BCUT2D eigenvalue weighted by molar-refractivity contribution is -0.137. The summed E-state index contributed by atoms with van der Waals surface area (Å²) in [5, 5.41) is 11.1. The van der Waals surface area contributed by atoms with Gasteiger partial charge in [0.1, 0.15) is 11.3 Å². The van der Waals surface area contributed by atoms with E-state index in [9.17, 15) is 18.0 Å². The molecular formula is C12H12F3N3O2. The van der Waals surface area contributed by atoms with Gasteiger partial charge in [-0.05, 0) is 19.1 Å². The van der Waals surface area contributed by atoms with E-state index in [1.807, 2.05) is 0 Å². The number of aryl methyl sites for hydroxylation is 1. The minimum Gasteiger partial charge on any atom is -0.395 e. The first-order valence-electron chi connectivity index (χ1n) is 5.79. The first-order chi connectivity index (χ1) is 9.34. The van der Waals surface area contributed by atoms with E-state index < -0.39 is 17.6 Å². The highest BCUT2D eigenvalue weighted by atomic mass is 19.4. The van der Waals surface area contributed by atoms with Crippen LogP contribution >= 0.6 is 0 Å². The molecule has 5 nitrogen and oxygen atoms in total. The number of rotatable bonds is 3. The number of halogens is 3. The van der Waals surface area contributed by atoms with Gasteiger partial charge in [-0.15, -0.1) is 0 Å². The number of aliphatic hydroxyl groups excluding tert-OH is 1. The molecule has 2 N–H and O–H groups in total. The Bertz CT molecular complexity index is 649. The largest absolute Gasteiger partial charge is 0.417 e. The number of imidazole rings is 1. The monoisotopic (exact) mass is 287 g/mol. The first-order valence-corrected chi connectivity index (χ1v) is 5.79. The van der Waals surface area contributed by atoms with E-state index in [-0.39, 0.29) is 24.5 Å². The quantitative estimate of drug-likeness (QED) is 0.896. The number of aromatic nitrogens is 2. The van der Waals surface area contributed by atoms with Crippen LogP contribution in [0.4, 0.5) is 13.2 Å². The number of amides is 1. The lowest BCUT2D eigenvalue weighted by Gasteiger charge is -2.08. The number of nitrogens with zero attached hydrogens (tertiary/aromatic N) is 2. The number of carbonyl (C=O) groups is 1. The molecule has 108 valence electrons. The minimum absolute atomic E-state index is 0.0183. The molecule has 0 bridgehead atoms. The van der Waals surface area contributed by atoms with E-state index in [2.05, 4.69) is 10.3 Å². The molecule has 2 aromatic rings. The fourth-order valence-electron chi connectivity index (χ4n) is 1.86. The lowest BCUT2D eigenvalue weighted by atomic mass is 10.2. The zero-order chi connectivity index (χ0) is 14.9. The smallest absolute Gasteiger partial charge is 0.395 e. The SMILES string of the molecule is Cc1nc2ccc(C(F)(F)F)cn2c1C(=O)NCCO. The van der Waals surface area contributed by atoms with Crippen molar-refractivity contribution in [3.8, 4) is 0 Å². The van der Waals surface area contributed by atoms with Gasteiger partial charge in [-0.3, -0.25) is 9.20 Å². The number of aliphatic hydroxyl groups is 1. The molecule has 0 radical (unpaired) electrons. The Morgan fingerprint density at radius 2 is 2.15 bits per heavy atom. The third-order valence-corrected chi connectivity index (χ3v) is 2.73. The highest BCUT2D eigenvalue weighted by molar-refractivity contribution is 5.94. The third kappa shape index (κ3) is 2.60. The Kier molecular flexibility index (Phi) is 3.67. The molecule has 0 unspecified atom stereocenters. The van der Waals surface area contributed by atoms with Crippen LogP contribution in [-0.4, -0.2) is 33.6 Å². The van der Waals surface area contributed by atoms with Gasteiger partial charge < -0.3 is 10.4 Å². The van der Waals surface area contributed by atoms with Crippen LogP contribution in [0.5, 0.6) is 0 Å². The number of pyridine rings is 1. The van der Waals surface area contributed by atoms with Crippen LogP contribution in [0, 0.1) is 6.92 Å². The molecule has 0 aliphatic rings. The van der Waals surface area contributed by atoms with Crippen molar-refractivity contribution in [3.63, 3.8) is 0 Å². The molecule has 2 rings (SSSR count). The Morgan fingerprint density at radius 1 is 1.45 bits per heavy atom. The van der Waals surface area contributed by atoms with Gasteiger partial charge in [-0.2, -0.15) is 13.2 Å². The van der Waals surface area contributed by atoms with Crippen molar-refractivity contribution in [2.75, 3.05) is 13.2 Å². The Hall–Kier alpha value is -2.09. The van der Waals surface area contributed by atoms with E-state index in [1.165, 1.54) is 13.0 Å². The van der Waals surface area contributed by atoms with E-state index in [1.54, 1.807) is 0 Å². The molecule has 2 aromatic heterocycles. The molecule has 0 spiro atoms. The molecule has 20 heavy (non-hydrogen) atoms. The maximum Gasteiger partial charge on any atom is 0.417 e. The molecular weight excluding hydrogens is 275 g/mol. The standard InChI is InChI=1S/C12H12F3N3O2/c1-7-10(11(20)16-4-5-19)18-6-8(12(13,14)15)2-3-9(18)17-7/h2-3,6,19H,4-5H2,1H3,(H,16,20). The normalized spacial score (nSPS) is 11.8. The summed E-state index contributed by atoms with van der Waals surface area (Å²) < 4.78 is 39.2. The number of nitrogens with one attached hydrogen (secondary N) is 1. The van der Waals surface area contributed by atoms with Crippen molar-refractivity contribution in [1.82, 2.24) is 14.7 Å². The Morgan fingerprint density at radius 3 is 2.75 bits per heavy atom. The highest BCUT2D eigenvalue weighted by Crippen LogP contribution is 2.29.